The van der Waals surface area contributed by atoms with E-state index >= 15 is 8.63 Å². The summed E-state index contributed by atoms with van der Waals surface area (Å²) in [5, 5.41) is 0. The fourth-order valence-electron chi connectivity index (χ4n) is 5.37. The van der Waals surface area contributed by atoms with Gasteiger partial charge in [0.1, 0.15) is 5.71 Å². The molecule has 0 aromatic carbocycles. The number of hydrogen-bond donors (Lipinski definition) is 0. The average molecular weight is 395 g/mol. The van der Waals surface area contributed by atoms with Crippen LogP contribution in [0.5, 0.6) is 0 Å². The lowest BCUT2D eigenvalue weighted by atomic mass is 9.84. The topological polar surface area (TPSA) is 20.8 Å². The molecule has 0 amide bonds. The Morgan fingerprint density at radius 3 is 2.28 bits per heavy atom. The summed E-state index contributed by atoms with van der Waals surface area (Å²) in [5.74, 6) is 0. The lowest BCUT2D eigenvalue weighted by Gasteiger charge is -2.34. The second-order valence-electron chi connectivity index (χ2n) is 8.17. The summed E-state index contributed by atoms with van der Waals surface area (Å²) in [4.78, 5) is 4.47. The van der Waals surface area contributed by atoms with Crippen LogP contribution in [0.1, 0.15) is 67.9 Å². The Bertz CT molecular complexity index is 1130. The number of aryl methyl sites for hydroxylation is 1. The summed E-state index contributed by atoms with van der Waals surface area (Å²) in [7, 11) is 0. The minimum Gasteiger partial charge on any atom is -0.393 e. The molecule has 0 saturated heterocycles. The summed E-state index contributed by atoms with van der Waals surface area (Å²) >= 11 is 0. The first-order chi connectivity index (χ1) is 13.7. The number of aromatic nitrogens is 2. The van der Waals surface area contributed by atoms with Gasteiger partial charge >= 0.3 is 6.97 Å². The maximum Gasteiger partial charge on any atom is 0.737 e. The zero-order valence-corrected chi connectivity index (χ0v) is 18.3. The predicted octanol–water partition coefficient (Wildman–Crippen LogP) is 5.58. The molecule has 2 aromatic heterocycles. The van der Waals surface area contributed by atoms with E-state index in [-0.39, 0.29) is 0 Å². The molecule has 2 aliphatic heterocycles. The van der Waals surface area contributed by atoms with E-state index in [2.05, 4.69) is 4.98 Å². The third kappa shape index (κ3) is 2.47. The van der Waals surface area contributed by atoms with Gasteiger partial charge in [0.2, 0.25) is 0 Å². The van der Waals surface area contributed by atoms with E-state index < -0.39 is 6.97 Å². The molecule has 152 valence electrons. The molecule has 6 heteroatoms. The first-order valence-electron chi connectivity index (χ1n) is 10.4. The molecule has 0 aliphatic carbocycles. The van der Waals surface area contributed by atoms with Crippen molar-refractivity contribution in [3.63, 3.8) is 0 Å². The van der Waals surface area contributed by atoms with Crippen molar-refractivity contribution in [2.24, 2.45) is 0 Å². The van der Waals surface area contributed by atoms with Crippen LogP contribution in [-0.2, 0) is 6.42 Å². The van der Waals surface area contributed by atoms with Gasteiger partial charge in [-0.05, 0) is 63.4 Å². The molecule has 0 radical (unpaired) electrons. The van der Waals surface area contributed by atoms with Crippen LogP contribution in [0.15, 0.2) is 35.2 Å². The Labute approximate surface area is 171 Å². The second kappa shape index (κ2) is 6.51. The zero-order valence-electron chi connectivity index (χ0n) is 18.3. The van der Waals surface area contributed by atoms with Gasteiger partial charge in [-0.15, -0.1) is 0 Å². The predicted molar refractivity (Wildman–Crippen MR) is 116 cm³/mol. The van der Waals surface area contributed by atoms with E-state index in [4.69, 9.17) is 0 Å². The molecule has 29 heavy (non-hydrogen) atoms. The summed E-state index contributed by atoms with van der Waals surface area (Å²) in [5.41, 5.74) is 9.20. The summed E-state index contributed by atoms with van der Waals surface area (Å²) in [6.07, 6.45) is 3.28. The van der Waals surface area contributed by atoms with Crippen molar-refractivity contribution in [3.05, 3.63) is 68.9 Å². The van der Waals surface area contributed by atoms with Crippen LogP contribution in [0.2, 0.25) is 0 Å². The Morgan fingerprint density at radius 2 is 1.72 bits per heavy atom. The number of allylic oxidation sites excluding steroid dienone is 2. The van der Waals surface area contributed by atoms with Crippen molar-refractivity contribution in [2.45, 2.75) is 61.3 Å². The van der Waals surface area contributed by atoms with Crippen molar-refractivity contribution in [1.82, 2.24) is 9.46 Å². The van der Waals surface area contributed by atoms with Gasteiger partial charge in [0.15, 0.2) is 5.70 Å². The van der Waals surface area contributed by atoms with Gasteiger partial charge in [-0.2, -0.15) is 0 Å². The minimum atomic E-state index is -3.97. The summed E-state index contributed by atoms with van der Waals surface area (Å²) in [6, 6.07) is 3.95. The lowest BCUT2D eigenvalue weighted by molar-refractivity contribution is -0.363. The van der Waals surface area contributed by atoms with Gasteiger partial charge < -0.3 is 17.6 Å². The quantitative estimate of drug-likeness (QED) is 0.622. The number of hydrogen-bond acceptors (Lipinski definition) is 1. The number of rotatable bonds is 3. The van der Waals surface area contributed by atoms with Gasteiger partial charge in [-0.25, -0.2) is 0 Å². The normalized spacial score (nSPS) is 18.0. The van der Waals surface area contributed by atoms with E-state index in [1.165, 1.54) is 8.96 Å². The maximum atomic E-state index is 16.1. The van der Waals surface area contributed by atoms with E-state index in [1.807, 2.05) is 66.8 Å². The van der Waals surface area contributed by atoms with Gasteiger partial charge in [0, 0.05) is 41.2 Å². The summed E-state index contributed by atoms with van der Waals surface area (Å²) < 4.78 is 34.8. The molecular weight excluding hydrogens is 367 g/mol. The number of nitrogens with zero attached hydrogens (tertiary/aromatic N) is 3. The van der Waals surface area contributed by atoms with Crippen LogP contribution in [0.3, 0.4) is 0 Å². The number of halogens is 2. The molecule has 4 heterocycles. The highest BCUT2D eigenvalue weighted by Crippen LogP contribution is 2.46. The fraction of sp³-hybridized carbons (Fsp3) is 0.391. The Kier molecular flexibility index (Phi) is 4.45. The van der Waals surface area contributed by atoms with Crippen molar-refractivity contribution in [1.29, 1.82) is 0 Å². The molecule has 0 saturated carbocycles. The fourth-order valence-corrected chi connectivity index (χ4v) is 5.37. The molecule has 0 N–H and O–H groups in total. The number of pyridine rings is 1. The molecule has 2 aliphatic rings. The van der Waals surface area contributed by atoms with Crippen molar-refractivity contribution in [2.75, 3.05) is 0 Å². The highest BCUT2D eigenvalue weighted by molar-refractivity contribution is 6.58. The molecule has 0 atom stereocenters. The van der Waals surface area contributed by atoms with E-state index in [9.17, 15) is 0 Å². The second-order valence-corrected chi connectivity index (χ2v) is 8.17. The molecule has 0 spiro atoms. The van der Waals surface area contributed by atoms with Gasteiger partial charge in [-0.3, -0.25) is 4.98 Å². The number of fused-ring (bicyclic) bond motifs is 2. The average Bonchev–Trinajstić information content (AvgIpc) is 3.08. The van der Waals surface area contributed by atoms with Crippen LogP contribution in [0.4, 0.5) is 8.63 Å². The maximum absolute atomic E-state index is 16.1. The van der Waals surface area contributed by atoms with E-state index in [1.54, 1.807) is 0 Å². The van der Waals surface area contributed by atoms with Crippen molar-refractivity contribution < 1.29 is 13.1 Å². The molecule has 2 aromatic rings. The summed E-state index contributed by atoms with van der Waals surface area (Å²) in [6.45, 7) is 9.64. The smallest absolute Gasteiger partial charge is 0.393 e. The zero-order chi connectivity index (χ0) is 21.2. The SMILES string of the molecule is CCC1=C(C)C2=C(c3ccc(C)nc3)c3c(C)c(CC)c(C)n3[B-](F)(F)[N+]2=C1C. The highest BCUT2D eigenvalue weighted by atomic mass is 19.2. The molecular formula is C23H28BF2N3. The Morgan fingerprint density at radius 1 is 1.03 bits per heavy atom. The standard InChI is InChI=1S/C23H28BF2N3/c1-8-19-14(4)22-21(18-11-10-13(3)27-12-18)23-15(5)20(9-2)17(7)29(23)24(25,26)28(22)16(19)6/h10-12H,8-9H2,1-7H3. The third-order valence-electron chi connectivity index (χ3n) is 6.70. The van der Waals surface area contributed by atoms with Crippen LogP contribution >= 0.6 is 0 Å². The highest BCUT2D eigenvalue weighted by Gasteiger charge is 2.56. The monoisotopic (exact) mass is 395 g/mol. The molecule has 4 rings (SSSR count). The third-order valence-corrected chi connectivity index (χ3v) is 6.70. The molecule has 3 nitrogen and oxygen atoms in total. The van der Waals surface area contributed by atoms with Crippen LogP contribution in [0, 0.1) is 20.8 Å². The van der Waals surface area contributed by atoms with Gasteiger partial charge in [-0.1, -0.05) is 19.9 Å². The van der Waals surface area contributed by atoms with E-state index in [0.29, 0.717) is 22.8 Å². The molecule has 0 bridgehead atoms. The Balaban J connectivity index is 2.22. The van der Waals surface area contributed by atoms with Gasteiger partial charge in [0.25, 0.3) is 0 Å². The van der Waals surface area contributed by atoms with Crippen LogP contribution < -0.4 is 0 Å². The van der Waals surface area contributed by atoms with Crippen LogP contribution in [0.25, 0.3) is 5.57 Å². The Hall–Kier alpha value is -2.50. The van der Waals surface area contributed by atoms with E-state index in [0.717, 1.165) is 51.9 Å². The minimum absolute atomic E-state index is 0.644. The molecule has 0 fully saturated rings. The first kappa shape index (κ1) is 19.8. The van der Waals surface area contributed by atoms with Gasteiger partial charge in [0.05, 0.1) is 5.57 Å². The lowest BCUT2D eigenvalue weighted by Crippen LogP contribution is -2.51. The first-order valence-corrected chi connectivity index (χ1v) is 10.4. The van der Waals surface area contributed by atoms with Crippen molar-refractivity contribution >= 4 is 18.3 Å². The largest absolute Gasteiger partial charge is 0.737 e. The van der Waals surface area contributed by atoms with Crippen molar-refractivity contribution in [3.8, 4) is 0 Å². The molecule has 0 unspecified atom stereocenters. The van der Waals surface area contributed by atoms with Crippen LogP contribution in [-0.4, -0.2) is 26.6 Å².